The van der Waals surface area contributed by atoms with E-state index in [0.29, 0.717) is 58.8 Å². The molecule has 3 heterocycles. The Morgan fingerprint density at radius 1 is 0.951 bits per heavy atom. The summed E-state index contributed by atoms with van der Waals surface area (Å²) in [5.41, 5.74) is 2.07. The van der Waals surface area contributed by atoms with Gasteiger partial charge in [0, 0.05) is 49.9 Å². The molecule has 10 nitrogen and oxygen atoms in total. The van der Waals surface area contributed by atoms with Crippen LogP contribution in [0.25, 0.3) is 22.2 Å². The van der Waals surface area contributed by atoms with E-state index in [1.54, 1.807) is 35.2 Å². The van der Waals surface area contributed by atoms with Gasteiger partial charge < -0.3 is 29.3 Å². The Kier molecular flexibility index (Phi) is 8.19. The number of methoxy groups -OCH3 is 1. The van der Waals surface area contributed by atoms with Crippen molar-refractivity contribution >= 4 is 34.4 Å². The summed E-state index contributed by atoms with van der Waals surface area (Å²) >= 11 is 0. The second-order valence-electron chi connectivity index (χ2n) is 9.84. The second-order valence-corrected chi connectivity index (χ2v) is 9.84. The molecule has 1 saturated heterocycles. The van der Waals surface area contributed by atoms with Crippen LogP contribution < -0.4 is 10.1 Å². The first-order valence-corrected chi connectivity index (χ1v) is 13.6. The Labute approximate surface area is 237 Å². The molecule has 2 aromatic heterocycles. The number of fused-ring (bicyclic) bond motifs is 1. The van der Waals surface area contributed by atoms with Gasteiger partial charge in [-0.05, 0) is 42.8 Å². The average Bonchev–Trinajstić information content (AvgIpc) is 3.67. The van der Waals surface area contributed by atoms with Crippen molar-refractivity contribution in [3.8, 4) is 17.1 Å². The first kappa shape index (κ1) is 27.7. The minimum atomic E-state index is -0.659. The molecular formula is C31H32N4O6. The molecule has 0 spiro atoms. The van der Waals surface area contributed by atoms with E-state index < -0.39 is 11.7 Å². The summed E-state index contributed by atoms with van der Waals surface area (Å²) in [6.45, 7) is 3.42. The van der Waals surface area contributed by atoms with Crippen molar-refractivity contribution in [3.63, 3.8) is 0 Å². The minimum absolute atomic E-state index is 0.0429. The average molecular weight is 557 g/mol. The number of aromatic nitrogens is 1. The lowest BCUT2D eigenvalue weighted by Crippen LogP contribution is -2.52. The number of Topliss-reactive ketones (excluding diaryl/α,β-unsaturated/α-hetero) is 1. The van der Waals surface area contributed by atoms with Crippen LogP contribution in [-0.2, 0) is 16.1 Å². The largest absolute Gasteiger partial charge is 0.496 e. The van der Waals surface area contributed by atoms with Crippen LogP contribution in [0.5, 0.6) is 5.75 Å². The monoisotopic (exact) mass is 556 g/mol. The van der Waals surface area contributed by atoms with Gasteiger partial charge in [-0.1, -0.05) is 25.1 Å². The molecule has 41 heavy (non-hydrogen) atoms. The van der Waals surface area contributed by atoms with Gasteiger partial charge >= 0.3 is 0 Å². The number of nitrogens with zero attached hydrogens (tertiary/aromatic N) is 2. The van der Waals surface area contributed by atoms with Crippen LogP contribution in [0.4, 0.5) is 0 Å². The number of furan rings is 1. The number of ether oxygens (including phenoxy) is 1. The molecule has 2 N–H and O–H groups in total. The van der Waals surface area contributed by atoms with E-state index in [0.717, 1.165) is 6.42 Å². The molecule has 0 bridgehead atoms. The van der Waals surface area contributed by atoms with Crippen molar-refractivity contribution in [1.82, 2.24) is 20.1 Å². The number of hydrogen-bond donors (Lipinski definition) is 2. The fourth-order valence-corrected chi connectivity index (χ4v) is 5.03. The van der Waals surface area contributed by atoms with Crippen LogP contribution in [0.3, 0.4) is 0 Å². The molecule has 0 atom stereocenters. The molecule has 3 amide bonds. The Hall–Kier alpha value is -4.86. The van der Waals surface area contributed by atoms with Crippen molar-refractivity contribution in [2.45, 2.75) is 26.3 Å². The van der Waals surface area contributed by atoms with Gasteiger partial charge in [0.15, 0.2) is 0 Å². The van der Waals surface area contributed by atoms with Gasteiger partial charge in [0.05, 0.1) is 30.1 Å². The number of ketones is 1. The third-order valence-corrected chi connectivity index (χ3v) is 7.19. The zero-order valence-corrected chi connectivity index (χ0v) is 23.1. The Morgan fingerprint density at radius 3 is 2.39 bits per heavy atom. The first-order chi connectivity index (χ1) is 19.9. The number of carbonyl (C=O) groups excluding carboxylic acids is 4. The van der Waals surface area contributed by atoms with E-state index >= 15 is 0 Å². The fraction of sp³-hybridized carbons (Fsp3) is 0.290. The molecule has 2 aromatic carbocycles. The lowest BCUT2D eigenvalue weighted by Gasteiger charge is -2.34. The third-order valence-electron chi connectivity index (χ3n) is 7.19. The topological polar surface area (TPSA) is 125 Å². The number of nitrogens with one attached hydrogen (secondary N) is 2. The molecule has 1 aliphatic rings. The molecule has 0 saturated carbocycles. The van der Waals surface area contributed by atoms with Gasteiger partial charge in [-0.25, -0.2) is 0 Å². The molecule has 0 aliphatic carbocycles. The van der Waals surface area contributed by atoms with Crippen LogP contribution >= 0.6 is 0 Å². The molecular weight excluding hydrogens is 524 g/mol. The van der Waals surface area contributed by atoms with E-state index in [1.165, 1.54) is 18.2 Å². The van der Waals surface area contributed by atoms with Crippen molar-refractivity contribution in [3.05, 3.63) is 77.7 Å². The maximum Gasteiger partial charge on any atom is 0.295 e. The number of aromatic amines is 1. The van der Waals surface area contributed by atoms with Gasteiger partial charge in [-0.3, -0.25) is 19.2 Å². The molecule has 0 radical (unpaired) electrons. The van der Waals surface area contributed by atoms with Crippen LogP contribution in [0.15, 0.2) is 65.2 Å². The number of carbonyl (C=O) groups is 4. The maximum absolute atomic E-state index is 13.5. The Balaban J connectivity index is 1.33. The van der Waals surface area contributed by atoms with E-state index in [-0.39, 0.29) is 37.0 Å². The number of piperazine rings is 1. The minimum Gasteiger partial charge on any atom is -0.496 e. The van der Waals surface area contributed by atoms with Crippen LogP contribution in [0.1, 0.15) is 46.2 Å². The van der Waals surface area contributed by atoms with Crippen LogP contribution in [0, 0.1) is 0 Å². The number of benzene rings is 2. The van der Waals surface area contributed by atoms with E-state index in [4.69, 9.17) is 9.15 Å². The quantitative estimate of drug-likeness (QED) is 0.237. The number of amides is 3. The smallest absolute Gasteiger partial charge is 0.295 e. The first-order valence-electron chi connectivity index (χ1n) is 13.6. The lowest BCUT2D eigenvalue weighted by molar-refractivity contribution is -0.127. The summed E-state index contributed by atoms with van der Waals surface area (Å²) in [6, 6.07) is 16.1. The van der Waals surface area contributed by atoms with Gasteiger partial charge in [0.2, 0.25) is 5.91 Å². The zero-order chi connectivity index (χ0) is 28.9. The number of rotatable bonds is 9. The Bertz CT molecular complexity index is 1580. The van der Waals surface area contributed by atoms with Crippen LogP contribution in [-0.4, -0.2) is 71.6 Å². The summed E-state index contributed by atoms with van der Waals surface area (Å²) in [4.78, 5) is 57.7. The van der Waals surface area contributed by atoms with E-state index in [2.05, 4.69) is 10.3 Å². The van der Waals surface area contributed by atoms with Crippen molar-refractivity contribution < 1.29 is 28.3 Å². The summed E-state index contributed by atoms with van der Waals surface area (Å²) in [5.74, 6) is 0.153. The third kappa shape index (κ3) is 5.72. The maximum atomic E-state index is 13.5. The predicted molar refractivity (Wildman–Crippen MR) is 153 cm³/mol. The van der Waals surface area contributed by atoms with Crippen molar-refractivity contribution in [2.24, 2.45) is 0 Å². The van der Waals surface area contributed by atoms with Gasteiger partial charge in [0.1, 0.15) is 17.3 Å². The standard InChI is InChI=1S/C31H32N4O6/c1-3-7-26(36)32-18-21-10-12-24(41-21)22-11-13-25(40-2)27-23(19-33-28(22)27)29(37)31(39)35-16-14-34(15-17-35)30(38)20-8-5-4-6-9-20/h4-6,8-13,19,33H,3,7,14-18H2,1-2H3,(H,32,36). The highest BCUT2D eigenvalue weighted by molar-refractivity contribution is 6.45. The normalized spacial score (nSPS) is 13.3. The molecule has 1 aliphatic heterocycles. The predicted octanol–water partition coefficient (Wildman–Crippen LogP) is 4.02. The lowest BCUT2D eigenvalue weighted by atomic mass is 10.0. The number of H-pyrrole nitrogens is 1. The molecule has 4 aromatic rings. The molecule has 1 fully saturated rings. The van der Waals surface area contributed by atoms with Crippen LogP contribution in [0.2, 0.25) is 0 Å². The second kappa shape index (κ2) is 12.1. The fourth-order valence-electron chi connectivity index (χ4n) is 5.03. The zero-order valence-electron chi connectivity index (χ0n) is 23.1. The summed E-state index contributed by atoms with van der Waals surface area (Å²) in [7, 11) is 1.50. The molecule has 10 heteroatoms. The van der Waals surface area contributed by atoms with E-state index in [1.807, 2.05) is 31.2 Å². The van der Waals surface area contributed by atoms with Crippen molar-refractivity contribution in [2.75, 3.05) is 33.3 Å². The number of hydrogen-bond acceptors (Lipinski definition) is 6. The van der Waals surface area contributed by atoms with Gasteiger partial charge in [0.25, 0.3) is 17.6 Å². The summed E-state index contributed by atoms with van der Waals surface area (Å²) in [6.07, 6.45) is 2.73. The summed E-state index contributed by atoms with van der Waals surface area (Å²) in [5, 5.41) is 3.31. The molecule has 5 rings (SSSR count). The summed E-state index contributed by atoms with van der Waals surface area (Å²) < 4.78 is 11.5. The highest BCUT2D eigenvalue weighted by Gasteiger charge is 2.31. The molecule has 0 unspecified atom stereocenters. The van der Waals surface area contributed by atoms with Crippen molar-refractivity contribution in [1.29, 1.82) is 0 Å². The SMILES string of the molecule is CCCC(=O)NCc1ccc(-c2ccc(OC)c3c(C(=O)C(=O)N4CCN(C(=O)c5ccccc5)CC4)c[nH]c23)o1. The Morgan fingerprint density at radius 2 is 1.68 bits per heavy atom. The van der Waals surface area contributed by atoms with Gasteiger partial charge in [-0.2, -0.15) is 0 Å². The molecule has 212 valence electrons. The highest BCUT2D eigenvalue weighted by Crippen LogP contribution is 2.37. The highest BCUT2D eigenvalue weighted by atomic mass is 16.5. The van der Waals surface area contributed by atoms with E-state index in [9.17, 15) is 19.2 Å². The van der Waals surface area contributed by atoms with Gasteiger partial charge in [-0.15, -0.1) is 0 Å².